The Kier molecular flexibility index (Phi) is 6.42. The Labute approximate surface area is 157 Å². The average molecular weight is 380 g/mol. The van der Waals surface area contributed by atoms with Gasteiger partial charge in [0.05, 0.1) is 5.69 Å². The van der Waals surface area contributed by atoms with E-state index >= 15 is 0 Å². The lowest BCUT2D eigenvalue weighted by Crippen LogP contribution is -2.49. The van der Waals surface area contributed by atoms with Gasteiger partial charge in [-0.05, 0) is 19.1 Å². The van der Waals surface area contributed by atoms with Crippen molar-refractivity contribution in [3.8, 4) is 10.6 Å². The zero-order valence-corrected chi connectivity index (χ0v) is 15.9. The van der Waals surface area contributed by atoms with Crippen LogP contribution >= 0.6 is 22.9 Å². The van der Waals surface area contributed by atoms with E-state index in [9.17, 15) is 4.79 Å². The lowest BCUT2D eigenvalue weighted by molar-refractivity contribution is -0.137. The number of rotatable bonds is 6. The minimum Gasteiger partial charge on any atom is -0.372 e. The third-order valence-corrected chi connectivity index (χ3v) is 5.38. The van der Waals surface area contributed by atoms with Gasteiger partial charge in [0, 0.05) is 55.3 Å². The first-order valence-electron chi connectivity index (χ1n) is 8.44. The summed E-state index contributed by atoms with van der Waals surface area (Å²) in [5.41, 5.74) is 2.16. The number of piperazine rings is 1. The zero-order valence-electron chi connectivity index (χ0n) is 14.3. The van der Waals surface area contributed by atoms with Gasteiger partial charge < -0.3 is 9.64 Å². The molecule has 0 aliphatic carbocycles. The van der Waals surface area contributed by atoms with E-state index in [-0.39, 0.29) is 12.5 Å². The molecule has 5 nitrogen and oxygen atoms in total. The molecule has 0 N–H and O–H groups in total. The van der Waals surface area contributed by atoms with Gasteiger partial charge in [-0.25, -0.2) is 4.98 Å². The molecule has 0 unspecified atom stereocenters. The third kappa shape index (κ3) is 5.01. The topological polar surface area (TPSA) is 45.7 Å². The minimum absolute atomic E-state index is 0.0835. The number of aromatic nitrogens is 1. The van der Waals surface area contributed by atoms with Crippen LogP contribution in [0.4, 0.5) is 0 Å². The Hall–Kier alpha value is -1.47. The van der Waals surface area contributed by atoms with Crippen molar-refractivity contribution in [1.29, 1.82) is 0 Å². The quantitative estimate of drug-likeness (QED) is 0.773. The lowest BCUT2D eigenvalue weighted by Gasteiger charge is -2.34. The summed E-state index contributed by atoms with van der Waals surface area (Å²) in [5, 5.41) is 3.85. The molecule has 0 spiro atoms. The van der Waals surface area contributed by atoms with Crippen molar-refractivity contribution in [2.45, 2.75) is 13.5 Å². The molecule has 1 aliphatic rings. The van der Waals surface area contributed by atoms with E-state index in [0.717, 1.165) is 54.0 Å². The average Bonchev–Trinajstić information content (AvgIpc) is 3.09. The van der Waals surface area contributed by atoms with Gasteiger partial charge in [-0.1, -0.05) is 23.7 Å². The Morgan fingerprint density at radius 3 is 2.64 bits per heavy atom. The molecule has 134 valence electrons. The second-order valence-electron chi connectivity index (χ2n) is 5.94. The maximum absolute atomic E-state index is 12.0. The van der Waals surface area contributed by atoms with Crippen molar-refractivity contribution >= 4 is 28.8 Å². The fourth-order valence-electron chi connectivity index (χ4n) is 2.77. The molecule has 1 aliphatic heterocycles. The molecule has 1 amide bonds. The van der Waals surface area contributed by atoms with Crippen LogP contribution in [0.2, 0.25) is 5.02 Å². The van der Waals surface area contributed by atoms with Crippen LogP contribution in [-0.4, -0.2) is 60.1 Å². The van der Waals surface area contributed by atoms with Crippen LogP contribution in [0.5, 0.6) is 0 Å². The van der Waals surface area contributed by atoms with Crippen molar-refractivity contribution in [3.05, 3.63) is 40.4 Å². The minimum atomic E-state index is 0.0835. The summed E-state index contributed by atoms with van der Waals surface area (Å²) in [6.45, 7) is 6.71. The third-order valence-electron chi connectivity index (χ3n) is 4.18. The number of hydrogen-bond donors (Lipinski definition) is 0. The standard InChI is InChI=1S/C18H22ClN3O2S/c1-2-24-12-17(23)22-9-7-21(8-10-22)11-16-13-25-18(20-16)14-3-5-15(19)6-4-14/h3-6,13H,2,7-12H2,1H3. The summed E-state index contributed by atoms with van der Waals surface area (Å²) in [6, 6.07) is 7.76. The van der Waals surface area contributed by atoms with Crippen LogP contribution in [0.25, 0.3) is 10.6 Å². The number of amides is 1. The van der Waals surface area contributed by atoms with Gasteiger partial charge >= 0.3 is 0 Å². The molecule has 1 fully saturated rings. The fourth-order valence-corrected chi connectivity index (χ4v) is 3.71. The molecular weight excluding hydrogens is 358 g/mol. The van der Waals surface area contributed by atoms with Crippen LogP contribution in [0.15, 0.2) is 29.6 Å². The summed E-state index contributed by atoms with van der Waals surface area (Å²) in [7, 11) is 0. The van der Waals surface area contributed by atoms with Gasteiger partial charge in [-0.3, -0.25) is 9.69 Å². The van der Waals surface area contributed by atoms with Gasteiger partial charge in [0.25, 0.3) is 0 Å². The Balaban J connectivity index is 1.51. The number of halogens is 1. The first-order valence-corrected chi connectivity index (χ1v) is 9.69. The van der Waals surface area contributed by atoms with Crippen LogP contribution < -0.4 is 0 Å². The van der Waals surface area contributed by atoms with Gasteiger partial charge in [0.15, 0.2) is 0 Å². The van der Waals surface area contributed by atoms with Gasteiger partial charge in [-0.15, -0.1) is 11.3 Å². The van der Waals surface area contributed by atoms with E-state index in [2.05, 4.69) is 10.3 Å². The molecule has 0 saturated carbocycles. The van der Waals surface area contributed by atoms with Crippen molar-refractivity contribution in [2.75, 3.05) is 39.4 Å². The first kappa shape index (κ1) is 18.3. The Morgan fingerprint density at radius 1 is 1.24 bits per heavy atom. The predicted molar refractivity (Wildman–Crippen MR) is 101 cm³/mol. The van der Waals surface area contributed by atoms with Gasteiger partial charge in [-0.2, -0.15) is 0 Å². The summed E-state index contributed by atoms with van der Waals surface area (Å²) >= 11 is 7.59. The highest BCUT2D eigenvalue weighted by Gasteiger charge is 2.21. The highest BCUT2D eigenvalue weighted by Crippen LogP contribution is 2.25. The van der Waals surface area contributed by atoms with E-state index < -0.39 is 0 Å². The summed E-state index contributed by atoms with van der Waals surface area (Å²) in [6.07, 6.45) is 0. The Morgan fingerprint density at radius 2 is 1.96 bits per heavy atom. The SMILES string of the molecule is CCOCC(=O)N1CCN(Cc2csc(-c3ccc(Cl)cc3)n2)CC1. The van der Waals surface area contributed by atoms with Crippen molar-refractivity contribution in [2.24, 2.45) is 0 Å². The predicted octanol–water partition coefficient (Wildman–Crippen LogP) is 3.14. The molecule has 0 radical (unpaired) electrons. The molecule has 25 heavy (non-hydrogen) atoms. The lowest BCUT2D eigenvalue weighted by atomic mass is 10.2. The number of hydrogen-bond acceptors (Lipinski definition) is 5. The maximum atomic E-state index is 12.0. The smallest absolute Gasteiger partial charge is 0.248 e. The van der Waals surface area contributed by atoms with Crippen LogP contribution in [-0.2, 0) is 16.1 Å². The van der Waals surface area contributed by atoms with Crippen molar-refractivity contribution < 1.29 is 9.53 Å². The largest absolute Gasteiger partial charge is 0.372 e. The summed E-state index contributed by atoms with van der Waals surface area (Å²) in [5.74, 6) is 0.0835. The molecule has 2 heterocycles. The number of carbonyl (C=O) groups excluding carboxylic acids is 1. The molecule has 0 bridgehead atoms. The number of ether oxygens (including phenoxy) is 1. The molecule has 1 aromatic carbocycles. The summed E-state index contributed by atoms with van der Waals surface area (Å²) < 4.78 is 5.20. The highest BCUT2D eigenvalue weighted by atomic mass is 35.5. The molecular formula is C18H22ClN3O2S. The second-order valence-corrected chi connectivity index (χ2v) is 7.24. The molecule has 2 aromatic rings. The number of nitrogens with zero attached hydrogens (tertiary/aromatic N) is 3. The van der Waals surface area contributed by atoms with E-state index in [4.69, 9.17) is 21.3 Å². The highest BCUT2D eigenvalue weighted by molar-refractivity contribution is 7.13. The zero-order chi connectivity index (χ0) is 17.6. The van der Waals surface area contributed by atoms with E-state index in [1.807, 2.05) is 36.1 Å². The molecule has 1 aromatic heterocycles. The Bertz CT molecular complexity index is 697. The maximum Gasteiger partial charge on any atom is 0.248 e. The van der Waals surface area contributed by atoms with E-state index in [0.29, 0.717) is 6.61 Å². The number of thiazole rings is 1. The van der Waals surface area contributed by atoms with Gasteiger partial charge in [0.2, 0.25) is 5.91 Å². The summed E-state index contributed by atoms with van der Waals surface area (Å²) in [4.78, 5) is 20.9. The normalized spacial score (nSPS) is 15.5. The first-order chi connectivity index (χ1) is 12.2. The fraction of sp³-hybridized carbons (Fsp3) is 0.444. The second kappa shape index (κ2) is 8.76. The molecule has 0 atom stereocenters. The van der Waals surface area contributed by atoms with Gasteiger partial charge in [0.1, 0.15) is 11.6 Å². The van der Waals surface area contributed by atoms with E-state index in [1.54, 1.807) is 11.3 Å². The molecule has 3 rings (SSSR count). The molecule has 7 heteroatoms. The van der Waals surface area contributed by atoms with Crippen molar-refractivity contribution in [1.82, 2.24) is 14.8 Å². The van der Waals surface area contributed by atoms with Crippen LogP contribution in [0, 0.1) is 0 Å². The van der Waals surface area contributed by atoms with Crippen molar-refractivity contribution in [3.63, 3.8) is 0 Å². The monoisotopic (exact) mass is 379 g/mol. The molecule has 1 saturated heterocycles. The van der Waals surface area contributed by atoms with Crippen LogP contribution in [0.3, 0.4) is 0 Å². The number of benzene rings is 1. The van der Waals surface area contributed by atoms with Crippen LogP contribution in [0.1, 0.15) is 12.6 Å². The van der Waals surface area contributed by atoms with E-state index in [1.165, 1.54) is 0 Å². The number of carbonyl (C=O) groups is 1.